The lowest BCUT2D eigenvalue weighted by Crippen LogP contribution is -2.28. The third kappa shape index (κ3) is 3.04. The third-order valence-corrected chi connectivity index (χ3v) is 5.20. The average molecular weight is 385 g/mol. The van der Waals surface area contributed by atoms with E-state index in [4.69, 9.17) is 26.4 Å². The van der Waals surface area contributed by atoms with Crippen LogP contribution in [0.3, 0.4) is 0 Å². The minimum atomic E-state index is -0.162. The molecule has 0 bridgehead atoms. The van der Waals surface area contributed by atoms with Gasteiger partial charge in [-0.25, -0.2) is 0 Å². The van der Waals surface area contributed by atoms with Crippen LogP contribution in [0.4, 0.5) is 5.69 Å². The molecule has 5 nitrogen and oxygen atoms in total. The van der Waals surface area contributed by atoms with Crippen molar-refractivity contribution in [3.05, 3.63) is 52.9 Å². The number of para-hydroxylation sites is 2. The molecule has 7 heteroatoms. The highest BCUT2D eigenvalue weighted by Gasteiger charge is 2.35. The Morgan fingerprint density at radius 2 is 2.04 bits per heavy atom. The Morgan fingerprint density at radius 1 is 1.23 bits per heavy atom. The molecule has 0 spiro atoms. The summed E-state index contributed by atoms with van der Waals surface area (Å²) >= 11 is 6.72. The van der Waals surface area contributed by atoms with Gasteiger partial charge >= 0.3 is 0 Å². The van der Waals surface area contributed by atoms with Crippen LogP contribution < -0.4 is 19.1 Å². The van der Waals surface area contributed by atoms with E-state index in [1.54, 1.807) is 0 Å². The van der Waals surface area contributed by atoms with Gasteiger partial charge < -0.3 is 14.2 Å². The smallest absolute Gasteiger partial charge is 0.270 e. The van der Waals surface area contributed by atoms with Crippen molar-refractivity contribution >= 4 is 46.0 Å². The zero-order valence-corrected chi connectivity index (χ0v) is 15.6. The summed E-state index contributed by atoms with van der Waals surface area (Å²) in [5, 5.41) is 0. The molecule has 132 valence electrons. The molecule has 0 radical (unpaired) electrons. The van der Waals surface area contributed by atoms with Crippen LogP contribution in [0.25, 0.3) is 6.08 Å². The number of hydrogen-bond donors (Lipinski definition) is 0. The van der Waals surface area contributed by atoms with Gasteiger partial charge in [0.05, 0.1) is 17.2 Å². The predicted molar refractivity (Wildman–Crippen MR) is 106 cm³/mol. The normalized spacial score (nSPS) is 17.3. The Morgan fingerprint density at radius 3 is 2.88 bits per heavy atom. The molecule has 2 aromatic carbocycles. The number of rotatable bonds is 4. The maximum atomic E-state index is 12.9. The zero-order chi connectivity index (χ0) is 18.1. The highest BCUT2D eigenvalue weighted by Crippen LogP contribution is 2.40. The highest BCUT2D eigenvalue weighted by atomic mass is 32.2. The van der Waals surface area contributed by atoms with Crippen molar-refractivity contribution in [1.82, 2.24) is 0 Å². The zero-order valence-electron chi connectivity index (χ0n) is 13.9. The van der Waals surface area contributed by atoms with E-state index in [0.29, 0.717) is 38.8 Å². The van der Waals surface area contributed by atoms with Gasteiger partial charge in [0.15, 0.2) is 15.8 Å². The van der Waals surface area contributed by atoms with E-state index in [1.807, 2.05) is 55.5 Å². The first-order valence-electron chi connectivity index (χ1n) is 8.07. The van der Waals surface area contributed by atoms with E-state index in [9.17, 15) is 4.79 Å². The van der Waals surface area contributed by atoms with E-state index >= 15 is 0 Å². The van der Waals surface area contributed by atoms with Crippen LogP contribution in [0.2, 0.25) is 0 Å². The molecule has 0 aromatic heterocycles. The summed E-state index contributed by atoms with van der Waals surface area (Å²) < 4.78 is 16.8. The van der Waals surface area contributed by atoms with Gasteiger partial charge in [0.1, 0.15) is 5.75 Å². The van der Waals surface area contributed by atoms with Gasteiger partial charge in [-0.1, -0.05) is 42.2 Å². The number of carbonyl (C=O) groups excluding carboxylic acids is 1. The van der Waals surface area contributed by atoms with E-state index in [0.717, 1.165) is 5.56 Å². The Kier molecular flexibility index (Phi) is 4.57. The molecule has 2 aromatic rings. The molecule has 1 amide bonds. The summed E-state index contributed by atoms with van der Waals surface area (Å²) in [5.41, 5.74) is 1.51. The molecule has 0 saturated carbocycles. The molecule has 0 aliphatic carbocycles. The van der Waals surface area contributed by atoms with Gasteiger partial charge in [-0.2, -0.15) is 0 Å². The quantitative estimate of drug-likeness (QED) is 0.580. The summed E-state index contributed by atoms with van der Waals surface area (Å²) in [6.45, 7) is 2.63. The van der Waals surface area contributed by atoms with Crippen molar-refractivity contribution < 1.29 is 19.0 Å². The van der Waals surface area contributed by atoms with Gasteiger partial charge in [-0.05, 0) is 42.8 Å². The van der Waals surface area contributed by atoms with Crippen molar-refractivity contribution in [3.8, 4) is 17.2 Å². The molecule has 2 aliphatic rings. The number of carbonyl (C=O) groups is 1. The molecule has 0 N–H and O–H groups in total. The highest BCUT2D eigenvalue weighted by molar-refractivity contribution is 8.27. The number of benzene rings is 2. The van der Waals surface area contributed by atoms with E-state index in [-0.39, 0.29) is 12.7 Å². The second-order valence-electron chi connectivity index (χ2n) is 5.53. The molecule has 1 fully saturated rings. The standard InChI is InChI=1S/C19H15NO4S2/c1-2-22-14-6-4-3-5-13(14)20-18(21)17(26-19(20)25)10-12-7-8-15-16(9-12)24-11-23-15/h3-10H,2,11H2,1H3/b17-10-. The molecule has 2 heterocycles. The maximum absolute atomic E-state index is 12.9. The fourth-order valence-electron chi connectivity index (χ4n) is 2.75. The SMILES string of the molecule is CCOc1ccccc1N1C(=O)/C(=C/c2ccc3c(c2)OCO3)SC1=S. The van der Waals surface area contributed by atoms with Crippen LogP contribution in [0.1, 0.15) is 12.5 Å². The molecule has 4 rings (SSSR count). The monoisotopic (exact) mass is 385 g/mol. The molecule has 2 aliphatic heterocycles. The fraction of sp³-hybridized carbons (Fsp3) is 0.158. The second-order valence-corrected chi connectivity index (χ2v) is 7.21. The molecular weight excluding hydrogens is 370 g/mol. The molecule has 0 unspecified atom stereocenters. The lowest BCUT2D eigenvalue weighted by atomic mass is 10.2. The van der Waals surface area contributed by atoms with Gasteiger partial charge in [0, 0.05) is 0 Å². The van der Waals surface area contributed by atoms with Crippen LogP contribution in [-0.4, -0.2) is 23.6 Å². The van der Waals surface area contributed by atoms with Gasteiger partial charge in [0.2, 0.25) is 6.79 Å². The predicted octanol–water partition coefficient (Wildman–Crippen LogP) is 4.22. The van der Waals surface area contributed by atoms with Crippen LogP contribution in [0, 0.1) is 0 Å². The Labute approximate surface area is 160 Å². The lowest BCUT2D eigenvalue weighted by Gasteiger charge is -2.18. The number of amides is 1. The van der Waals surface area contributed by atoms with E-state index in [2.05, 4.69) is 0 Å². The lowest BCUT2D eigenvalue weighted by molar-refractivity contribution is -0.113. The second kappa shape index (κ2) is 7.01. The number of fused-ring (bicyclic) bond motifs is 1. The third-order valence-electron chi connectivity index (χ3n) is 3.89. The molecule has 1 saturated heterocycles. The molecule has 26 heavy (non-hydrogen) atoms. The first kappa shape index (κ1) is 16.9. The van der Waals surface area contributed by atoms with Crippen molar-refractivity contribution in [1.29, 1.82) is 0 Å². The number of anilines is 1. The maximum Gasteiger partial charge on any atom is 0.270 e. The molecular formula is C19H15NO4S2. The van der Waals surface area contributed by atoms with Crippen molar-refractivity contribution in [2.75, 3.05) is 18.3 Å². The summed E-state index contributed by atoms with van der Waals surface area (Å²) in [6.07, 6.45) is 1.81. The Balaban J connectivity index is 1.65. The summed E-state index contributed by atoms with van der Waals surface area (Å²) in [4.78, 5) is 15.0. The Hall–Kier alpha value is -2.51. The Bertz CT molecular complexity index is 926. The van der Waals surface area contributed by atoms with Crippen LogP contribution in [-0.2, 0) is 4.79 Å². The van der Waals surface area contributed by atoms with Crippen LogP contribution in [0.5, 0.6) is 17.2 Å². The number of ether oxygens (including phenoxy) is 3. The van der Waals surface area contributed by atoms with Crippen molar-refractivity contribution in [2.45, 2.75) is 6.92 Å². The topological polar surface area (TPSA) is 48.0 Å². The summed E-state index contributed by atoms with van der Waals surface area (Å²) in [5.74, 6) is 1.86. The van der Waals surface area contributed by atoms with E-state index in [1.165, 1.54) is 16.7 Å². The minimum Gasteiger partial charge on any atom is -0.492 e. The number of thiocarbonyl (C=S) groups is 1. The molecule has 0 atom stereocenters. The number of thioether (sulfide) groups is 1. The first-order valence-corrected chi connectivity index (χ1v) is 9.29. The van der Waals surface area contributed by atoms with Crippen LogP contribution >= 0.6 is 24.0 Å². The van der Waals surface area contributed by atoms with Crippen molar-refractivity contribution in [3.63, 3.8) is 0 Å². The van der Waals surface area contributed by atoms with E-state index < -0.39 is 0 Å². The number of hydrogen-bond acceptors (Lipinski definition) is 6. The van der Waals surface area contributed by atoms with Gasteiger partial charge in [-0.3, -0.25) is 9.69 Å². The average Bonchev–Trinajstić information content (AvgIpc) is 3.20. The minimum absolute atomic E-state index is 0.162. The van der Waals surface area contributed by atoms with Crippen molar-refractivity contribution in [2.24, 2.45) is 0 Å². The fourth-order valence-corrected chi connectivity index (χ4v) is 4.03. The van der Waals surface area contributed by atoms with Gasteiger partial charge in [0.25, 0.3) is 5.91 Å². The largest absolute Gasteiger partial charge is 0.492 e. The van der Waals surface area contributed by atoms with Crippen LogP contribution in [0.15, 0.2) is 47.4 Å². The summed E-state index contributed by atoms with van der Waals surface area (Å²) in [6, 6.07) is 13.0. The first-order chi connectivity index (χ1) is 12.7. The summed E-state index contributed by atoms with van der Waals surface area (Å²) in [7, 11) is 0. The van der Waals surface area contributed by atoms with Gasteiger partial charge in [-0.15, -0.1) is 0 Å². The number of nitrogens with zero attached hydrogens (tertiary/aromatic N) is 1.